The number of hydrogen-bond acceptors (Lipinski definition) is 5. The fourth-order valence-electron chi connectivity index (χ4n) is 2.76. The topological polar surface area (TPSA) is 53.0 Å². The van der Waals surface area contributed by atoms with Gasteiger partial charge in [0.05, 0.1) is 6.61 Å². The standard InChI is InChI=1S/C16H24N2O3S/c1-21-12-11-17-7-9-18(10-8-17)15(16(19)20)13-3-5-14(22-2)6-4-13/h3-6,15H,7-12H2,1-2H3,(H,19,20)/t15-/m0/s1. The molecule has 1 N–H and O–H groups in total. The van der Waals surface area contributed by atoms with Gasteiger partial charge < -0.3 is 9.84 Å². The molecule has 0 aliphatic carbocycles. The first kappa shape index (κ1) is 17.3. The molecule has 122 valence electrons. The second-order valence-electron chi connectivity index (χ2n) is 5.38. The van der Waals surface area contributed by atoms with Crippen LogP contribution >= 0.6 is 11.8 Å². The van der Waals surface area contributed by atoms with Crippen LogP contribution in [0.4, 0.5) is 0 Å². The summed E-state index contributed by atoms with van der Waals surface area (Å²) in [7, 11) is 1.70. The lowest BCUT2D eigenvalue weighted by Gasteiger charge is -2.37. The molecule has 1 saturated heterocycles. The minimum Gasteiger partial charge on any atom is -0.480 e. The van der Waals surface area contributed by atoms with Crippen molar-refractivity contribution in [2.45, 2.75) is 10.9 Å². The Morgan fingerprint density at radius 1 is 1.27 bits per heavy atom. The van der Waals surface area contributed by atoms with E-state index in [4.69, 9.17) is 4.74 Å². The van der Waals surface area contributed by atoms with Gasteiger partial charge in [0, 0.05) is 44.7 Å². The lowest BCUT2D eigenvalue weighted by Crippen LogP contribution is -2.49. The number of carboxylic acids is 1. The van der Waals surface area contributed by atoms with Gasteiger partial charge >= 0.3 is 5.97 Å². The number of hydrogen-bond donors (Lipinski definition) is 1. The molecule has 0 unspecified atom stereocenters. The van der Waals surface area contributed by atoms with E-state index in [-0.39, 0.29) is 0 Å². The molecule has 0 bridgehead atoms. The highest BCUT2D eigenvalue weighted by Gasteiger charge is 2.30. The number of carbonyl (C=O) groups is 1. The van der Waals surface area contributed by atoms with E-state index in [0.717, 1.165) is 49.8 Å². The summed E-state index contributed by atoms with van der Waals surface area (Å²) >= 11 is 1.66. The number of carboxylic acid groups (broad SMARTS) is 1. The van der Waals surface area contributed by atoms with Gasteiger partial charge in [-0.3, -0.25) is 14.6 Å². The summed E-state index contributed by atoms with van der Waals surface area (Å²) in [5.41, 5.74) is 0.857. The molecule has 22 heavy (non-hydrogen) atoms. The van der Waals surface area contributed by atoms with Gasteiger partial charge in [-0.05, 0) is 24.0 Å². The smallest absolute Gasteiger partial charge is 0.325 e. The van der Waals surface area contributed by atoms with Crippen LogP contribution in [0.1, 0.15) is 11.6 Å². The van der Waals surface area contributed by atoms with Crippen LogP contribution < -0.4 is 0 Å². The summed E-state index contributed by atoms with van der Waals surface area (Å²) in [5.74, 6) is -0.776. The van der Waals surface area contributed by atoms with Crippen LogP contribution in [0.15, 0.2) is 29.2 Å². The molecule has 1 fully saturated rings. The van der Waals surface area contributed by atoms with E-state index < -0.39 is 12.0 Å². The minimum atomic E-state index is -0.776. The average molecular weight is 324 g/mol. The van der Waals surface area contributed by atoms with Crippen LogP contribution in [0.25, 0.3) is 0 Å². The van der Waals surface area contributed by atoms with Crippen LogP contribution in [-0.2, 0) is 9.53 Å². The summed E-state index contributed by atoms with van der Waals surface area (Å²) < 4.78 is 5.10. The second-order valence-corrected chi connectivity index (χ2v) is 6.26. The number of thioether (sulfide) groups is 1. The van der Waals surface area contributed by atoms with Gasteiger partial charge in [0.1, 0.15) is 6.04 Å². The summed E-state index contributed by atoms with van der Waals surface area (Å²) in [5, 5.41) is 9.63. The van der Waals surface area contributed by atoms with Crippen molar-refractivity contribution in [1.82, 2.24) is 9.80 Å². The zero-order valence-corrected chi connectivity index (χ0v) is 14.0. The zero-order valence-electron chi connectivity index (χ0n) is 13.2. The van der Waals surface area contributed by atoms with Crippen LogP contribution in [0, 0.1) is 0 Å². The number of rotatable bonds is 7. The van der Waals surface area contributed by atoms with Crippen LogP contribution in [-0.4, -0.2) is 73.6 Å². The number of aliphatic carboxylic acids is 1. The quantitative estimate of drug-likeness (QED) is 0.772. The van der Waals surface area contributed by atoms with Crippen molar-refractivity contribution in [2.75, 3.05) is 52.7 Å². The van der Waals surface area contributed by atoms with Gasteiger partial charge in [-0.25, -0.2) is 0 Å². The number of ether oxygens (including phenoxy) is 1. The number of methoxy groups -OCH3 is 1. The van der Waals surface area contributed by atoms with Crippen molar-refractivity contribution in [3.8, 4) is 0 Å². The Kier molecular flexibility index (Phi) is 6.70. The third-order valence-corrected chi connectivity index (χ3v) is 4.79. The third-order valence-electron chi connectivity index (χ3n) is 4.05. The Morgan fingerprint density at radius 3 is 2.41 bits per heavy atom. The molecule has 1 aliphatic rings. The van der Waals surface area contributed by atoms with Crippen molar-refractivity contribution >= 4 is 17.7 Å². The summed E-state index contributed by atoms with van der Waals surface area (Å²) in [6, 6.07) is 7.29. The van der Waals surface area contributed by atoms with E-state index in [1.807, 2.05) is 30.5 Å². The highest BCUT2D eigenvalue weighted by atomic mass is 32.2. The van der Waals surface area contributed by atoms with Crippen molar-refractivity contribution in [3.05, 3.63) is 29.8 Å². The Labute approximate surface area is 136 Å². The summed E-state index contributed by atoms with van der Waals surface area (Å²) in [4.78, 5) is 17.2. The normalized spacial score (nSPS) is 18.3. The number of benzene rings is 1. The molecule has 0 radical (unpaired) electrons. The molecule has 0 spiro atoms. The van der Waals surface area contributed by atoms with Gasteiger partial charge in [-0.1, -0.05) is 12.1 Å². The minimum absolute atomic E-state index is 0.555. The zero-order chi connectivity index (χ0) is 15.9. The average Bonchev–Trinajstić information content (AvgIpc) is 2.54. The molecule has 5 nitrogen and oxygen atoms in total. The Morgan fingerprint density at radius 2 is 1.91 bits per heavy atom. The van der Waals surface area contributed by atoms with Gasteiger partial charge in [0.15, 0.2) is 0 Å². The number of nitrogens with zero attached hydrogens (tertiary/aromatic N) is 2. The largest absolute Gasteiger partial charge is 0.480 e. The van der Waals surface area contributed by atoms with Crippen LogP contribution in [0.3, 0.4) is 0 Å². The summed E-state index contributed by atoms with van der Waals surface area (Å²) in [6.45, 7) is 4.94. The maximum Gasteiger partial charge on any atom is 0.325 e. The third kappa shape index (κ3) is 4.46. The fourth-order valence-corrected chi connectivity index (χ4v) is 3.17. The van der Waals surface area contributed by atoms with Crippen LogP contribution in [0.2, 0.25) is 0 Å². The molecule has 1 heterocycles. The molecule has 1 aromatic carbocycles. The second kappa shape index (κ2) is 8.53. The first-order valence-electron chi connectivity index (χ1n) is 7.48. The molecule has 6 heteroatoms. The molecule has 1 atom stereocenters. The molecule has 2 rings (SSSR count). The van der Waals surface area contributed by atoms with E-state index in [9.17, 15) is 9.90 Å². The summed E-state index contributed by atoms with van der Waals surface area (Å²) in [6.07, 6.45) is 2.02. The van der Waals surface area contributed by atoms with Crippen molar-refractivity contribution < 1.29 is 14.6 Å². The van der Waals surface area contributed by atoms with E-state index in [0.29, 0.717) is 0 Å². The molecular formula is C16H24N2O3S. The highest BCUT2D eigenvalue weighted by Crippen LogP contribution is 2.25. The molecular weight excluding hydrogens is 300 g/mol. The van der Waals surface area contributed by atoms with E-state index in [1.165, 1.54) is 0 Å². The molecule has 1 aromatic rings. The lowest BCUT2D eigenvalue weighted by atomic mass is 10.0. The molecule has 0 saturated carbocycles. The SMILES string of the molecule is COCCN1CCN([C@H](C(=O)O)c2ccc(SC)cc2)CC1. The molecule has 0 aromatic heterocycles. The van der Waals surface area contributed by atoms with Crippen molar-refractivity contribution in [1.29, 1.82) is 0 Å². The Hall–Kier alpha value is -1.08. The predicted molar refractivity (Wildman–Crippen MR) is 88.5 cm³/mol. The fraction of sp³-hybridized carbons (Fsp3) is 0.562. The van der Waals surface area contributed by atoms with Gasteiger partial charge in [0.2, 0.25) is 0 Å². The maximum atomic E-state index is 11.7. The van der Waals surface area contributed by atoms with Crippen molar-refractivity contribution in [2.24, 2.45) is 0 Å². The lowest BCUT2D eigenvalue weighted by molar-refractivity contribution is -0.144. The van der Waals surface area contributed by atoms with Crippen molar-refractivity contribution in [3.63, 3.8) is 0 Å². The van der Waals surface area contributed by atoms with Gasteiger partial charge in [-0.15, -0.1) is 11.8 Å². The van der Waals surface area contributed by atoms with E-state index in [1.54, 1.807) is 18.9 Å². The van der Waals surface area contributed by atoms with Gasteiger partial charge in [0.25, 0.3) is 0 Å². The predicted octanol–water partition coefficient (Wildman–Crippen LogP) is 1.80. The van der Waals surface area contributed by atoms with E-state index >= 15 is 0 Å². The highest BCUT2D eigenvalue weighted by molar-refractivity contribution is 7.98. The first-order valence-corrected chi connectivity index (χ1v) is 8.70. The van der Waals surface area contributed by atoms with E-state index in [2.05, 4.69) is 9.80 Å². The van der Waals surface area contributed by atoms with Crippen LogP contribution in [0.5, 0.6) is 0 Å². The molecule has 0 amide bonds. The molecule has 1 aliphatic heterocycles. The Balaban J connectivity index is 2.01. The Bertz CT molecular complexity index is 473. The maximum absolute atomic E-state index is 11.7. The monoisotopic (exact) mass is 324 g/mol. The number of piperazine rings is 1. The van der Waals surface area contributed by atoms with Gasteiger partial charge in [-0.2, -0.15) is 0 Å². The first-order chi connectivity index (χ1) is 10.7.